The molecule has 1 aromatic heterocycles. The van der Waals surface area contributed by atoms with Crippen molar-refractivity contribution in [2.75, 3.05) is 0 Å². The van der Waals surface area contributed by atoms with E-state index < -0.39 is 0 Å². The van der Waals surface area contributed by atoms with E-state index in [2.05, 4.69) is 89.5 Å². The Labute approximate surface area is 154 Å². The molecule has 5 rings (SSSR count). The normalized spacial score (nSPS) is 16.5. The smallest absolute Gasteiger partial charge is 0.0488 e. The van der Waals surface area contributed by atoms with E-state index in [0.29, 0.717) is 5.92 Å². The Morgan fingerprint density at radius 1 is 0.769 bits per heavy atom. The first kappa shape index (κ1) is 15.5. The van der Waals surface area contributed by atoms with Crippen molar-refractivity contribution in [2.24, 2.45) is 0 Å². The van der Waals surface area contributed by atoms with Crippen LogP contribution in [0.25, 0.3) is 10.9 Å². The molecule has 0 bridgehead atoms. The number of para-hydroxylation sites is 1. The van der Waals surface area contributed by atoms with Crippen LogP contribution in [0.1, 0.15) is 34.7 Å². The lowest BCUT2D eigenvalue weighted by Crippen LogP contribution is -2.15. The highest BCUT2D eigenvalue weighted by molar-refractivity contribution is 5.86. The summed E-state index contributed by atoms with van der Waals surface area (Å²) in [5.74, 6) is 0.639. The average molecular weight is 337 g/mol. The fourth-order valence-electron chi connectivity index (χ4n) is 4.56. The third-order valence-electron chi connectivity index (χ3n) is 5.83. The quantitative estimate of drug-likeness (QED) is 0.434. The summed E-state index contributed by atoms with van der Waals surface area (Å²) >= 11 is 0. The maximum atomic E-state index is 2.56. The lowest BCUT2D eigenvalue weighted by atomic mass is 9.82. The maximum absolute atomic E-state index is 2.56. The van der Waals surface area contributed by atoms with Crippen molar-refractivity contribution in [3.05, 3.63) is 107 Å². The predicted molar refractivity (Wildman–Crippen MR) is 109 cm³/mol. The van der Waals surface area contributed by atoms with Crippen LogP contribution in [-0.2, 0) is 19.4 Å². The van der Waals surface area contributed by atoms with Crippen molar-refractivity contribution < 1.29 is 0 Å². The first-order valence-electron chi connectivity index (χ1n) is 9.58. The molecule has 128 valence electrons. The van der Waals surface area contributed by atoms with Gasteiger partial charge in [0, 0.05) is 23.1 Å². The highest BCUT2D eigenvalue weighted by atomic mass is 15.0. The van der Waals surface area contributed by atoms with Crippen LogP contribution in [0.4, 0.5) is 0 Å². The van der Waals surface area contributed by atoms with Crippen LogP contribution in [0.2, 0.25) is 0 Å². The van der Waals surface area contributed by atoms with E-state index in [1.807, 2.05) is 0 Å². The van der Waals surface area contributed by atoms with Gasteiger partial charge in [-0.1, -0.05) is 78.9 Å². The zero-order valence-corrected chi connectivity index (χ0v) is 14.9. The van der Waals surface area contributed by atoms with Crippen molar-refractivity contribution in [1.82, 2.24) is 4.57 Å². The van der Waals surface area contributed by atoms with Gasteiger partial charge in [-0.3, -0.25) is 0 Å². The van der Waals surface area contributed by atoms with Crippen molar-refractivity contribution in [3.8, 4) is 0 Å². The van der Waals surface area contributed by atoms with Gasteiger partial charge in [0.25, 0.3) is 0 Å². The van der Waals surface area contributed by atoms with E-state index in [1.54, 1.807) is 11.3 Å². The summed E-state index contributed by atoms with van der Waals surface area (Å²) < 4.78 is 2.56. The van der Waals surface area contributed by atoms with Crippen LogP contribution < -0.4 is 0 Å². The summed E-state index contributed by atoms with van der Waals surface area (Å²) in [6.07, 6.45) is 3.56. The van der Waals surface area contributed by atoms with Crippen LogP contribution >= 0.6 is 0 Å². The SMILES string of the molecule is c1ccc(Cn2c3c(c4ccccc42)C[C@@H](c2ccccc2)CC3)cc1. The van der Waals surface area contributed by atoms with Gasteiger partial charge in [-0.2, -0.15) is 0 Å². The Bertz CT molecular complexity index is 1030. The third kappa shape index (κ3) is 2.64. The van der Waals surface area contributed by atoms with Gasteiger partial charge in [-0.25, -0.2) is 0 Å². The Balaban J connectivity index is 1.59. The molecule has 4 aromatic rings. The minimum atomic E-state index is 0.639. The Hall–Kier alpha value is -2.80. The standard InChI is InChI=1S/C25H23N/c1-3-9-19(10-4-1)18-26-24-14-8-7-13-22(24)23-17-21(15-16-25(23)26)20-11-5-2-6-12-20/h1-14,21H,15-18H2/t21-/m0/s1. The van der Waals surface area contributed by atoms with Gasteiger partial charge in [0.2, 0.25) is 0 Å². The second-order valence-electron chi connectivity index (χ2n) is 7.36. The minimum Gasteiger partial charge on any atom is -0.340 e. The van der Waals surface area contributed by atoms with Crippen molar-refractivity contribution >= 4 is 10.9 Å². The molecule has 0 saturated carbocycles. The monoisotopic (exact) mass is 337 g/mol. The van der Waals surface area contributed by atoms with Crippen molar-refractivity contribution in [2.45, 2.75) is 31.7 Å². The van der Waals surface area contributed by atoms with E-state index in [0.717, 1.165) is 19.4 Å². The molecule has 26 heavy (non-hydrogen) atoms. The van der Waals surface area contributed by atoms with Crippen molar-refractivity contribution in [1.29, 1.82) is 0 Å². The van der Waals surface area contributed by atoms with Crippen molar-refractivity contribution in [3.63, 3.8) is 0 Å². The summed E-state index contributed by atoms with van der Waals surface area (Å²) in [5.41, 5.74) is 7.35. The first-order valence-corrected chi connectivity index (χ1v) is 9.58. The molecule has 0 unspecified atom stereocenters. The molecule has 0 saturated heterocycles. The van der Waals surface area contributed by atoms with Gasteiger partial charge < -0.3 is 4.57 Å². The van der Waals surface area contributed by atoms with Crippen LogP contribution in [0.3, 0.4) is 0 Å². The molecule has 1 aliphatic rings. The number of aromatic nitrogens is 1. The number of rotatable bonds is 3. The maximum Gasteiger partial charge on any atom is 0.0488 e. The summed E-state index contributed by atoms with van der Waals surface area (Å²) in [6, 6.07) is 30.8. The summed E-state index contributed by atoms with van der Waals surface area (Å²) in [6.45, 7) is 0.965. The van der Waals surface area contributed by atoms with Crippen LogP contribution in [0, 0.1) is 0 Å². The topological polar surface area (TPSA) is 4.93 Å². The van der Waals surface area contributed by atoms with E-state index >= 15 is 0 Å². The molecule has 0 aliphatic heterocycles. The second-order valence-corrected chi connectivity index (χ2v) is 7.36. The largest absolute Gasteiger partial charge is 0.340 e. The number of benzene rings is 3. The third-order valence-corrected chi connectivity index (χ3v) is 5.83. The number of nitrogens with zero attached hydrogens (tertiary/aromatic N) is 1. The minimum absolute atomic E-state index is 0.639. The molecule has 0 radical (unpaired) electrons. The van der Waals surface area contributed by atoms with Crippen LogP contribution in [0.5, 0.6) is 0 Å². The molecular weight excluding hydrogens is 314 g/mol. The Morgan fingerprint density at radius 2 is 1.46 bits per heavy atom. The predicted octanol–water partition coefficient (Wildman–Crippen LogP) is 5.96. The highest BCUT2D eigenvalue weighted by Crippen LogP contribution is 2.38. The van der Waals surface area contributed by atoms with E-state index in [9.17, 15) is 0 Å². The second kappa shape index (κ2) is 6.49. The molecule has 1 heterocycles. The van der Waals surface area contributed by atoms with Crippen LogP contribution in [-0.4, -0.2) is 4.57 Å². The first-order chi connectivity index (χ1) is 12.9. The summed E-state index contributed by atoms with van der Waals surface area (Å²) in [7, 11) is 0. The molecule has 1 heteroatoms. The molecule has 1 aliphatic carbocycles. The fourth-order valence-corrected chi connectivity index (χ4v) is 4.56. The molecule has 0 spiro atoms. The summed E-state index contributed by atoms with van der Waals surface area (Å²) in [4.78, 5) is 0. The molecule has 1 atom stereocenters. The molecule has 0 fully saturated rings. The highest BCUT2D eigenvalue weighted by Gasteiger charge is 2.26. The Kier molecular flexibility index (Phi) is 3.86. The lowest BCUT2D eigenvalue weighted by Gasteiger charge is -2.24. The van der Waals surface area contributed by atoms with E-state index in [-0.39, 0.29) is 0 Å². The Morgan fingerprint density at radius 3 is 2.27 bits per heavy atom. The molecular formula is C25H23N. The average Bonchev–Trinajstić information content (AvgIpc) is 3.03. The van der Waals surface area contributed by atoms with Gasteiger partial charge in [-0.15, -0.1) is 0 Å². The van der Waals surface area contributed by atoms with Gasteiger partial charge in [0.05, 0.1) is 0 Å². The molecule has 3 aromatic carbocycles. The zero-order chi connectivity index (χ0) is 17.3. The zero-order valence-electron chi connectivity index (χ0n) is 14.9. The fraction of sp³-hybridized carbons (Fsp3) is 0.200. The number of hydrogen-bond acceptors (Lipinski definition) is 0. The van der Waals surface area contributed by atoms with E-state index in [1.165, 1.54) is 28.5 Å². The molecule has 0 N–H and O–H groups in total. The van der Waals surface area contributed by atoms with Gasteiger partial charge >= 0.3 is 0 Å². The summed E-state index contributed by atoms with van der Waals surface area (Å²) in [5, 5.41) is 1.44. The number of hydrogen-bond donors (Lipinski definition) is 0. The lowest BCUT2D eigenvalue weighted by molar-refractivity contribution is 0.562. The molecule has 1 nitrogen and oxygen atoms in total. The van der Waals surface area contributed by atoms with Gasteiger partial charge in [0.1, 0.15) is 0 Å². The van der Waals surface area contributed by atoms with Crippen LogP contribution in [0.15, 0.2) is 84.9 Å². The van der Waals surface area contributed by atoms with E-state index in [4.69, 9.17) is 0 Å². The van der Waals surface area contributed by atoms with Gasteiger partial charge in [-0.05, 0) is 47.9 Å². The van der Waals surface area contributed by atoms with Gasteiger partial charge in [0.15, 0.2) is 0 Å². The number of fused-ring (bicyclic) bond motifs is 3. The molecule has 0 amide bonds.